The molecule has 0 radical (unpaired) electrons. The molecular formula is C42H59N5O14S. The summed E-state index contributed by atoms with van der Waals surface area (Å²) in [5.74, 6) is -4.32. The van der Waals surface area contributed by atoms with Crippen LogP contribution in [-0.4, -0.2) is 95.3 Å². The molecule has 0 aromatic heterocycles. The van der Waals surface area contributed by atoms with E-state index in [1.165, 1.54) is 64.1 Å². The standard InChI is InChI=1S/C42H59N5O14S/c1-25(48)21-32(36(52)59-40(6,7)8)46-34(50)31-22-30(57-35(51)27-15-18-29(19-16-27)44-26(2)45-37(53)60-41(9,10)11)20-17-28(31)24-47(38(54)61-42(12,13)14)62(55,56)43-23-33(49)58-39(3,4)5/h15-20,22,32,43H,21,23-24H2,1-14H3,(H,46,50)(H,44,45,53)/t32-/m0/s1. The SMILES string of the molecule is CC(=O)C[C@H](NC(=O)c1cc(OC(=O)c2ccc(N=C(C)NC(=O)OC(C)(C)C)cc2)ccc1CN(C(=O)OC(C)(C)C)S(=O)(=O)NCC(=O)OC(C)(C)C)C(=O)OC(C)(C)C. The Morgan fingerprint density at radius 3 is 1.79 bits per heavy atom. The van der Waals surface area contributed by atoms with Crippen molar-refractivity contribution in [1.29, 1.82) is 0 Å². The van der Waals surface area contributed by atoms with Crippen molar-refractivity contribution in [3.63, 3.8) is 0 Å². The highest BCUT2D eigenvalue weighted by Gasteiger charge is 2.35. The highest BCUT2D eigenvalue weighted by atomic mass is 32.2. The Balaban J connectivity index is 2.62. The number of hydrogen-bond donors (Lipinski definition) is 3. The monoisotopic (exact) mass is 889 g/mol. The number of amidine groups is 1. The van der Waals surface area contributed by atoms with E-state index in [0.29, 0.717) is 5.69 Å². The molecule has 0 bridgehead atoms. The number of nitrogens with zero attached hydrogens (tertiary/aromatic N) is 2. The number of aliphatic imine (C=N–C) groups is 1. The van der Waals surface area contributed by atoms with Gasteiger partial charge < -0.3 is 29.0 Å². The van der Waals surface area contributed by atoms with Crippen LogP contribution >= 0.6 is 0 Å². The van der Waals surface area contributed by atoms with E-state index in [-0.39, 0.29) is 32.6 Å². The zero-order valence-electron chi connectivity index (χ0n) is 37.8. The van der Waals surface area contributed by atoms with Gasteiger partial charge >= 0.3 is 40.3 Å². The molecule has 62 heavy (non-hydrogen) atoms. The van der Waals surface area contributed by atoms with Gasteiger partial charge in [-0.15, -0.1) is 0 Å². The summed E-state index contributed by atoms with van der Waals surface area (Å²) in [6.45, 7) is 20.1. The van der Waals surface area contributed by atoms with Crippen LogP contribution in [0.5, 0.6) is 5.75 Å². The number of alkyl carbamates (subject to hydrolysis) is 1. The molecular weight excluding hydrogens is 831 g/mol. The Kier molecular flexibility index (Phi) is 17.5. The minimum Gasteiger partial charge on any atom is -0.459 e. The topological polar surface area (TPSA) is 251 Å². The number of Topliss-reactive ketones (excluding diaryl/α,β-unsaturated/α-hetero) is 1. The van der Waals surface area contributed by atoms with Crippen molar-refractivity contribution in [2.45, 2.75) is 138 Å². The number of nitrogens with one attached hydrogen (secondary N) is 3. The number of carbonyl (C=O) groups is 7. The first kappa shape index (κ1) is 52.2. The summed E-state index contributed by atoms with van der Waals surface area (Å²) in [5.41, 5.74) is -4.04. The molecule has 0 fully saturated rings. The molecule has 342 valence electrons. The smallest absolute Gasteiger partial charge is 0.425 e. The van der Waals surface area contributed by atoms with Gasteiger partial charge in [0, 0.05) is 12.0 Å². The summed E-state index contributed by atoms with van der Waals surface area (Å²) in [6, 6.07) is 7.73. The molecule has 2 rings (SSSR count). The van der Waals surface area contributed by atoms with Gasteiger partial charge in [-0.3, -0.25) is 19.7 Å². The predicted octanol–water partition coefficient (Wildman–Crippen LogP) is 5.81. The Morgan fingerprint density at radius 2 is 1.27 bits per heavy atom. The van der Waals surface area contributed by atoms with E-state index in [0.717, 1.165) is 6.07 Å². The summed E-state index contributed by atoms with van der Waals surface area (Å²) < 4.78 is 56.4. The van der Waals surface area contributed by atoms with E-state index in [4.69, 9.17) is 23.7 Å². The molecule has 20 heteroatoms. The maximum absolute atomic E-state index is 14.1. The van der Waals surface area contributed by atoms with Crippen molar-refractivity contribution in [3.05, 3.63) is 59.2 Å². The third-order valence-electron chi connectivity index (χ3n) is 7.13. The first-order chi connectivity index (χ1) is 28.1. The molecule has 2 aromatic rings. The molecule has 0 spiro atoms. The van der Waals surface area contributed by atoms with Gasteiger partial charge in [-0.1, -0.05) is 6.07 Å². The lowest BCUT2D eigenvalue weighted by atomic mass is 10.0. The van der Waals surface area contributed by atoms with Gasteiger partial charge in [0.05, 0.1) is 17.8 Å². The molecule has 3 N–H and O–H groups in total. The quantitative estimate of drug-likeness (QED) is 0.0666. The molecule has 0 heterocycles. The van der Waals surface area contributed by atoms with Crippen LogP contribution in [0.4, 0.5) is 15.3 Å². The van der Waals surface area contributed by atoms with Crippen molar-refractivity contribution in [2.24, 2.45) is 4.99 Å². The molecule has 19 nitrogen and oxygen atoms in total. The van der Waals surface area contributed by atoms with E-state index < -0.39 is 100.0 Å². The fourth-order valence-corrected chi connectivity index (χ4v) is 5.89. The maximum Gasteiger partial charge on any atom is 0.425 e. The van der Waals surface area contributed by atoms with E-state index in [1.54, 1.807) is 69.2 Å². The number of carbonyl (C=O) groups excluding carboxylic acids is 7. The molecule has 0 unspecified atom stereocenters. The van der Waals surface area contributed by atoms with Crippen molar-refractivity contribution in [1.82, 2.24) is 19.7 Å². The minimum absolute atomic E-state index is 0.0430. The van der Waals surface area contributed by atoms with Crippen LogP contribution in [0.3, 0.4) is 0 Å². The van der Waals surface area contributed by atoms with Gasteiger partial charge in [-0.05, 0) is 139 Å². The van der Waals surface area contributed by atoms with Crippen molar-refractivity contribution < 1.29 is 65.7 Å². The van der Waals surface area contributed by atoms with Crippen LogP contribution in [0.15, 0.2) is 47.5 Å². The number of rotatable bonds is 14. The lowest BCUT2D eigenvalue weighted by Crippen LogP contribution is -2.48. The van der Waals surface area contributed by atoms with E-state index in [9.17, 15) is 42.0 Å². The first-order valence-corrected chi connectivity index (χ1v) is 20.8. The third-order valence-corrected chi connectivity index (χ3v) is 8.49. The lowest BCUT2D eigenvalue weighted by molar-refractivity contribution is -0.158. The fourth-order valence-electron chi connectivity index (χ4n) is 4.89. The average Bonchev–Trinajstić information content (AvgIpc) is 3.06. The summed E-state index contributed by atoms with van der Waals surface area (Å²) in [4.78, 5) is 95.1. The van der Waals surface area contributed by atoms with E-state index >= 15 is 0 Å². The molecule has 0 aliphatic carbocycles. The van der Waals surface area contributed by atoms with Crippen LogP contribution in [0, 0.1) is 0 Å². The van der Waals surface area contributed by atoms with Crippen molar-refractivity contribution in [3.8, 4) is 5.75 Å². The van der Waals surface area contributed by atoms with Gasteiger partial charge in [0.25, 0.3) is 5.91 Å². The highest BCUT2D eigenvalue weighted by molar-refractivity contribution is 7.87. The third kappa shape index (κ3) is 19.2. The zero-order valence-corrected chi connectivity index (χ0v) is 38.6. The Hall–Kier alpha value is -5.89. The Bertz CT molecular complexity index is 2140. The molecule has 3 amide bonds. The Labute approximate surface area is 362 Å². The number of esters is 3. The second-order valence-electron chi connectivity index (χ2n) is 17.9. The number of amides is 3. The minimum atomic E-state index is -4.91. The van der Waals surface area contributed by atoms with Crippen molar-refractivity contribution >= 4 is 63.5 Å². The summed E-state index contributed by atoms with van der Waals surface area (Å²) in [6.07, 6.45) is -2.57. The molecule has 0 saturated heterocycles. The van der Waals surface area contributed by atoms with E-state index in [2.05, 4.69) is 15.6 Å². The lowest BCUT2D eigenvalue weighted by Gasteiger charge is -2.28. The Morgan fingerprint density at radius 1 is 0.726 bits per heavy atom. The average molecular weight is 890 g/mol. The van der Waals surface area contributed by atoms with Gasteiger partial charge in [0.15, 0.2) is 0 Å². The van der Waals surface area contributed by atoms with E-state index in [1.807, 2.05) is 4.72 Å². The summed E-state index contributed by atoms with van der Waals surface area (Å²) >= 11 is 0. The van der Waals surface area contributed by atoms with Gasteiger partial charge in [0.2, 0.25) is 0 Å². The second kappa shape index (κ2) is 20.8. The molecule has 0 saturated carbocycles. The summed E-state index contributed by atoms with van der Waals surface area (Å²) in [7, 11) is -4.91. The second-order valence-corrected chi connectivity index (χ2v) is 19.6. The molecule has 0 aliphatic rings. The maximum atomic E-state index is 14.1. The largest absolute Gasteiger partial charge is 0.459 e. The van der Waals surface area contributed by atoms with Crippen LogP contribution < -0.4 is 20.1 Å². The molecule has 2 aromatic carbocycles. The zero-order chi connectivity index (χ0) is 47.6. The van der Waals surface area contributed by atoms with Crippen LogP contribution in [0.2, 0.25) is 0 Å². The number of ether oxygens (including phenoxy) is 5. The van der Waals surface area contributed by atoms with Gasteiger partial charge in [0.1, 0.15) is 52.4 Å². The number of benzene rings is 2. The van der Waals surface area contributed by atoms with Crippen molar-refractivity contribution in [2.75, 3.05) is 6.54 Å². The fraction of sp³-hybridized carbons (Fsp3) is 0.524. The van der Waals surface area contributed by atoms with Gasteiger partial charge in [-0.2, -0.15) is 17.4 Å². The van der Waals surface area contributed by atoms with Crippen LogP contribution in [-0.2, 0) is 50.1 Å². The summed E-state index contributed by atoms with van der Waals surface area (Å²) in [5, 5.41) is 4.95. The highest BCUT2D eigenvalue weighted by Crippen LogP contribution is 2.25. The predicted molar refractivity (Wildman–Crippen MR) is 227 cm³/mol. The number of ketones is 1. The number of hydrogen-bond acceptors (Lipinski definition) is 15. The molecule has 1 atom stereocenters. The van der Waals surface area contributed by atoms with Crippen LogP contribution in [0.1, 0.15) is 130 Å². The first-order valence-electron chi connectivity index (χ1n) is 19.4. The van der Waals surface area contributed by atoms with Crippen LogP contribution in [0.25, 0.3) is 0 Å². The van der Waals surface area contributed by atoms with Gasteiger partial charge in [-0.25, -0.2) is 24.2 Å². The normalized spacial score (nSPS) is 12.9. The molecule has 0 aliphatic heterocycles.